The van der Waals surface area contributed by atoms with E-state index in [1.807, 2.05) is 45.0 Å². The van der Waals surface area contributed by atoms with E-state index in [1.165, 1.54) is 10.5 Å². The molecule has 35 heavy (non-hydrogen) atoms. The molecule has 1 N–H and O–H groups in total. The first-order valence-electron chi connectivity index (χ1n) is 10.7. The van der Waals surface area contributed by atoms with Gasteiger partial charge in [-0.2, -0.15) is 10.2 Å². The predicted molar refractivity (Wildman–Crippen MR) is 136 cm³/mol. The summed E-state index contributed by atoms with van der Waals surface area (Å²) in [7, 11) is 0. The molecule has 0 atom stereocenters. The molecule has 4 rings (SSSR count). The number of pyridine rings is 1. The Bertz CT molecular complexity index is 1600. The summed E-state index contributed by atoms with van der Waals surface area (Å²) in [6, 6.07) is 17.5. The van der Waals surface area contributed by atoms with Crippen molar-refractivity contribution in [2.45, 2.75) is 20.8 Å². The summed E-state index contributed by atoms with van der Waals surface area (Å²) in [5, 5.41) is 12.8. The van der Waals surface area contributed by atoms with Crippen LogP contribution < -0.4 is 15.6 Å². The molecule has 174 valence electrons. The van der Waals surface area contributed by atoms with Gasteiger partial charge in [0.2, 0.25) is 5.88 Å². The number of fused-ring (bicyclic) bond motifs is 1. The largest absolute Gasteiger partial charge is 0.438 e. The van der Waals surface area contributed by atoms with Crippen LogP contribution in [0.5, 0.6) is 11.6 Å². The quantitative estimate of drug-likeness (QED) is 0.293. The van der Waals surface area contributed by atoms with Crippen LogP contribution in [-0.2, 0) is 4.79 Å². The van der Waals surface area contributed by atoms with Crippen molar-refractivity contribution >= 4 is 34.9 Å². The first-order chi connectivity index (χ1) is 16.8. The normalized spacial score (nSPS) is 11.2. The van der Waals surface area contributed by atoms with Gasteiger partial charge in [0.1, 0.15) is 28.6 Å². The van der Waals surface area contributed by atoms with Gasteiger partial charge in [0.05, 0.1) is 0 Å². The number of aryl methyl sites for hydroxylation is 2. The third-order valence-corrected chi connectivity index (χ3v) is 5.78. The maximum Gasteiger partial charge on any atom is 0.269 e. The zero-order chi connectivity index (χ0) is 25.1. The van der Waals surface area contributed by atoms with E-state index in [2.05, 4.69) is 10.3 Å². The molecule has 0 saturated heterocycles. The minimum atomic E-state index is -0.693. The Labute approximate surface area is 206 Å². The smallest absolute Gasteiger partial charge is 0.269 e. The summed E-state index contributed by atoms with van der Waals surface area (Å²) >= 11 is 5.98. The number of carbonyl (C=O) groups excluding carboxylic acids is 1. The minimum absolute atomic E-state index is 0.00121. The van der Waals surface area contributed by atoms with E-state index in [0.29, 0.717) is 22.1 Å². The first kappa shape index (κ1) is 23.7. The van der Waals surface area contributed by atoms with Crippen molar-refractivity contribution in [3.05, 3.63) is 104 Å². The van der Waals surface area contributed by atoms with E-state index >= 15 is 0 Å². The summed E-state index contributed by atoms with van der Waals surface area (Å²) in [6.45, 7) is 5.68. The van der Waals surface area contributed by atoms with Crippen LogP contribution in [0.4, 0.5) is 5.69 Å². The Morgan fingerprint density at radius 3 is 2.60 bits per heavy atom. The molecule has 0 unspecified atom stereocenters. The summed E-state index contributed by atoms with van der Waals surface area (Å²) in [5.74, 6) is -0.172. The lowest BCUT2D eigenvalue weighted by atomic mass is 10.1. The standard InChI is InChI=1S/C27H21ClN4O3/c1-16-7-4-11-23(18(16)3)35-26-22(27(34)32-12-6-8-17(2)24(32)31-26)13-19(15-29)25(33)30-21-10-5-9-20(28)14-21/h4-14H,1-3H3,(H,30,33)/b19-13-. The summed E-state index contributed by atoms with van der Waals surface area (Å²) in [5.41, 5.74) is 2.71. The molecule has 0 aliphatic heterocycles. The third kappa shape index (κ3) is 4.93. The highest BCUT2D eigenvalue weighted by Crippen LogP contribution is 2.29. The molecular weight excluding hydrogens is 464 g/mol. The Hall–Kier alpha value is -4.41. The zero-order valence-electron chi connectivity index (χ0n) is 19.3. The fraction of sp³-hybridized carbons (Fsp3) is 0.111. The molecule has 2 heterocycles. The molecule has 0 fully saturated rings. The first-order valence-corrected chi connectivity index (χ1v) is 11.1. The number of carbonyl (C=O) groups is 1. The number of amides is 1. The highest BCUT2D eigenvalue weighted by Gasteiger charge is 2.19. The van der Waals surface area contributed by atoms with Crippen molar-refractivity contribution in [3.8, 4) is 17.7 Å². The summed E-state index contributed by atoms with van der Waals surface area (Å²) in [6.07, 6.45) is 2.78. The molecule has 0 bridgehead atoms. The lowest BCUT2D eigenvalue weighted by Gasteiger charge is -2.14. The van der Waals surface area contributed by atoms with Gasteiger partial charge >= 0.3 is 0 Å². The molecule has 0 spiro atoms. The lowest BCUT2D eigenvalue weighted by molar-refractivity contribution is -0.112. The topological polar surface area (TPSA) is 96.5 Å². The molecule has 0 radical (unpaired) electrons. The van der Waals surface area contributed by atoms with Crippen LogP contribution in [0.2, 0.25) is 5.02 Å². The Morgan fingerprint density at radius 1 is 1.11 bits per heavy atom. The van der Waals surface area contributed by atoms with E-state index in [9.17, 15) is 14.9 Å². The number of hydrogen-bond acceptors (Lipinski definition) is 5. The number of nitrogens with zero attached hydrogens (tertiary/aromatic N) is 3. The zero-order valence-corrected chi connectivity index (χ0v) is 20.1. The second-order valence-corrected chi connectivity index (χ2v) is 8.39. The number of nitrogens with one attached hydrogen (secondary N) is 1. The van der Waals surface area contributed by atoms with E-state index < -0.39 is 11.5 Å². The maximum atomic E-state index is 13.5. The van der Waals surface area contributed by atoms with Gasteiger partial charge in [0, 0.05) is 16.9 Å². The highest BCUT2D eigenvalue weighted by molar-refractivity contribution is 6.31. The van der Waals surface area contributed by atoms with Crippen molar-refractivity contribution in [3.63, 3.8) is 0 Å². The fourth-order valence-electron chi connectivity index (χ4n) is 3.49. The van der Waals surface area contributed by atoms with Gasteiger partial charge in [0.25, 0.3) is 11.5 Å². The number of halogens is 1. The van der Waals surface area contributed by atoms with Gasteiger partial charge < -0.3 is 10.1 Å². The molecule has 8 heteroatoms. The van der Waals surface area contributed by atoms with Crippen LogP contribution in [-0.4, -0.2) is 15.3 Å². The molecule has 2 aromatic carbocycles. The Kier molecular flexibility index (Phi) is 6.67. The van der Waals surface area contributed by atoms with E-state index in [4.69, 9.17) is 16.3 Å². The number of hydrogen-bond donors (Lipinski definition) is 1. The predicted octanol–water partition coefficient (Wildman–Crippen LogP) is 5.61. The van der Waals surface area contributed by atoms with Crippen molar-refractivity contribution in [2.24, 2.45) is 0 Å². The van der Waals surface area contributed by atoms with Crippen molar-refractivity contribution in [1.82, 2.24) is 9.38 Å². The Morgan fingerprint density at radius 2 is 1.86 bits per heavy atom. The van der Waals surface area contributed by atoms with Crippen LogP contribution in [0, 0.1) is 32.1 Å². The van der Waals surface area contributed by atoms with Crippen LogP contribution in [0.1, 0.15) is 22.3 Å². The number of rotatable bonds is 5. The Balaban J connectivity index is 1.86. The van der Waals surface area contributed by atoms with Crippen LogP contribution >= 0.6 is 11.6 Å². The second kappa shape index (κ2) is 9.84. The fourth-order valence-corrected chi connectivity index (χ4v) is 3.68. The average molecular weight is 485 g/mol. The average Bonchev–Trinajstić information content (AvgIpc) is 2.82. The highest BCUT2D eigenvalue weighted by atomic mass is 35.5. The van der Waals surface area contributed by atoms with Gasteiger partial charge in [-0.05, 0) is 73.9 Å². The van der Waals surface area contributed by atoms with Crippen LogP contribution in [0.3, 0.4) is 0 Å². The molecule has 0 aliphatic rings. The molecule has 4 aromatic rings. The van der Waals surface area contributed by atoms with Gasteiger partial charge in [-0.15, -0.1) is 0 Å². The number of ether oxygens (including phenoxy) is 1. The molecule has 0 saturated carbocycles. The van der Waals surface area contributed by atoms with Crippen molar-refractivity contribution in [2.75, 3.05) is 5.32 Å². The van der Waals surface area contributed by atoms with E-state index in [-0.39, 0.29) is 17.0 Å². The van der Waals surface area contributed by atoms with Gasteiger partial charge in [-0.3, -0.25) is 14.0 Å². The minimum Gasteiger partial charge on any atom is -0.438 e. The molecule has 1 amide bonds. The molecular formula is C27H21ClN4O3. The van der Waals surface area contributed by atoms with Crippen molar-refractivity contribution < 1.29 is 9.53 Å². The summed E-state index contributed by atoms with van der Waals surface area (Å²) in [4.78, 5) is 30.9. The molecule has 7 nitrogen and oxygen atoms in total. The SMILES string of the molecule is Cc1cccc(Oc2nc3c(C)cccn3c(=O)c2/C=C(/C#N)C(=O)Nc2cccc(Cl)c2)c1C. The summed E-state index contributed by atoms with van der Waals surface area (Å²) < 4.78 is 7.46. The van der Waals surface area contributed by atoms with Gasteiger partial charge in [0.15, 0.2) is 0 Å². The third-order valence-electron chi connectivity index (χ3n) is 5.55. The van der Waals surface area contributed by atoms with E-state index in [1.54, 1.807) is 42.6 Å². The number of anilines is 1. The molecule has 2 aromatic heterocycles. The number of aromatic nitrogens is 2. The lowest BCUT2D eigenvalue weighted by Crippen LogP contribution is -2.21. The monoisotopic (exact) mass is 484 g/mol. The number of nitriles is 1. The van der Waals surface area contributed by atoms with E-state index in [0.717, 1.165) is 16.7 Å². The maximum absolute atomic E-state index is 13.5. The van der Waals surface area contributed by atoms with Crippen molar-refractivity contribution in [1.29, 1.82) is 5.26 Å². The van der Waals surface area contributed by atoms with Crippen LogP contribution in [0.25, 0.3) is 11.7 Å². The molecule has 0 aliphatic carbocycles. The van der Waals surface area contributed by atoms with Gasteiger partial charge in [-0.25, -0.2) is 0 Å². The van der Waals surface area contributed by atoms with Crippen LogP contribution in [0.15, 0.2) is 71.2 Å². The van der Waals surface area contributed by atoms with Gasteiger partial charge in [-0.1, -0.05) is 35.9 Å². The second-order valence-electron chi connectivity index (χ2n) is 7.95. The number of benzene rings is 2.